The summed E-state index contributed by atoms with van der Waals surface area (Å²) < 4.78 is 7.79. The van der Waals surface area contributed by atoms with Crippen molar-refractivity contribution in [1.29, 1.82) is 0 Å². The summed E-state index contributed by atoms with van der Waals surface area (Å²) in [5, 5.41) is 2.92. The zero-order valence-corrected chi connectivity index (χ0v) is 22.5. The third-order valence-corrected chi connectivity index (χ3v) is 15.9. The predicted octanol–water partition coefficient (Wildman–Crippen LogP) is 6.66. The van der Waals surface area contributed by atoms with Crippen molar-refractivity contribution in [3.05, 3.63) is 60.7 Å². The normalized spacial score (nSPS) is 41.5. The summed E-state index contributed by atoms with van der Waals surface area (Å²) in [5.41, 5.74) is 1.27. The van der Waals surface area contributed by atoms with E-state index in [9.17, 15) is 0 Å². The highest BCUT2D eigenvalue weighted by Gasteiger charge is 2.81. The highest BCUT2D eigenvalue weighted by atomic mass is 28.4. The highest BCUT2D eigenvalue weighted by molar-refractivity contribution is 6.99. The van der Waals surface area contributed by atoms with E-state index in [0.29, 0.717) is 16.9 Å². The van der Waals surface area contributed by atoms with E-state index in [-0.39, 0.29) is 5.04 Å². The van der Waals surface area contributed by atoms with Gasteiger partial charge in [0.25, 0.3) is 8.32 Å². The molecule has 4 fully saturated rings. The second-order valence-corrected chi connectivity index (χ2v) is 17.7. The molecule has 0 aromatic heterocycles. The van der Waals surface area contributed by atoms with Crippen molar-refractivity contribution < 1.29 is 4.43 Å². The summed E-state index contributed by atoms with van der Waals surface area (Å²) in [6, 6.07) is 22.6. The summed E-state index contributed by atoms with van der Waals surface area (Å²) in [6.07, 6.45) is 6.05. The van der Waals surface area contributed by atoms with E-state index >= 15 is 0 Å². The second kappa shape index (κ2) is 7.07. The average molecular weight is 459 g/mol. The minimum Gasteiger partial charge on any atom is -0.404 e. The van der Waals surface area contributed by atoms with Crippen molar-refractivity contribution in [2.45, 2.75) is 78.4 Å². The second-order valence-electron chi connectivity index (χ2n) is 13.4. The molecule has 0 radical (unpaired) electrons. The Bertz CT molecular complexity index is 986. The van der Waals surface area contributed by atoms with Gasteiger partial charge in [-0.25, -0.2) is 0 Å². The first-order valence-electron chi connectivity index (χ1n) is 13.4. The van der Waals surface area contributed by atoms with Gasteiger partial charge in [-0.3, -0.25) is 0 Å². The molecule has 2 aromatic carbocycles. The number of rotatable bonds is 4. The maximum atomic E-state index is 7.79. The molecule has 2 heteroatoms. The van der Waals surface area contributed by atoms with Crippen LogP contribution in [0.4, 0.5) is 0 Å². The van der Waals surface area contributed by atoms with Crippen LogP contribution in [0.25, 0.3) is 0 Å². The fourth-order valence-corrected chi connectivity index (χ4v) is 14.1. The van der Waals surface area contributed by atoms with Crippen LogP contribution in [0, 0.1) is 40.4 Å². The van der Waals surface area contributed by atoms with E-state index in [4.69, 9.17) is 4.43 Å². The molecule has 2 aromatic rings. The van der Waals surface area contributed by atoms with Crippen LogP contribution in [-0.4, -0.2) is 14.4 Å². The highest BCUT2D eigenvalue weighted by Crippen LogP contribution is 2.87. The Hall–Kier alpha value is -1.38. The van der Waals surface area contributed by atoms with Gasteiger partial charge in [-0.2, -0.15) is 0 Å². The molecule has 4 aliphatic rings. The van der Waals surface area contributed by atoms with Crippen LogP contribution >= 0.6 is 0 Å². The molecule has 0 saturated heterocycles. The number of benzene rings is 2. The van der Waals surface area contributed by atoms with E-state index in [1.807, 2.05) is 0 Å². The molecular formula is C31H42OSi. The van der Waals surface area contributed by atoms with E-state index in [0.717, 1.165) is 29.6 Å². The Balaban J connectivity index is 1.45. The third-order valence-electron chi connectivity index (χ3n) is 10.9. The number of fused-ring (bicyclic) bond motifs is 1. The molecule has 0 bridgehead atoms. The molecule has 0 heterocycles. The molecule has 1 nitrogen and oxygen atoms in total. The zero-order chi connectivity index (χ0) is 23.2. The molecule has 0 N–H and O–H groups in total. The van der Waals surface area contributed by atoms with Gasteiger partial charge in [0.2, 0.25) is 0 Å². The van der Waals surface area contributed by atoms with Crippen molar-refractivity contribution >= 4 is 18.7 Å². The lowest BCUT2D eigenvalue weighted by Gasteiger charge is -2.46. The summed E-state index contributed by atoms with van der Waals surface area (Å²) in [5.74, 6) is 4.16. The third kappa shape index (κ3) is 2.86. The minimum absolute atomic E-state index is 0.0567. The zero-order valence-electron chi connectivity index (χ0n) is 21.5. The van der Waals surface area contributed by atoms with Gasteiger partial charge >= 0.3 is 0 Å². The summed E-state index contributed by atoms with van der Waals surface area (Å²) in [6.45, 7) is 15.0. The SMILES string of the molecule is C[C@@H]1[C@@H]2[C@H]1[C@@]13C[C@]1(C)CC[C@@H]3[C@@H](C)C[C@H]2O[Si](c1ccccc1)(c1ccccc1)C(C)(C)C. The van der Waals surface area contributed by atoms with Crippen LogP contribution in [0.1, 0.15) is 67.2 Å². The Labute approximate surface area is 202 Å². The van der Waals surface area contributed by atoms with Gasteiger partial charge in [0, 0.05) is 6.10 Å². The minimum atomic E-state index is -2.50. The molecule has 8 atom stereocenters. The van der Waals surface area contributed by atoms with Crippen LogP contribution < -0.4 is 10.4 Å². The van der Waals surface area contributed by atoms with E-state index in [2.05, 4.69) is 102 Å². The molecule has 6 rings (SSSR count). The number of hydrogen-bond donors (Lipinski definition) is 0. The molecule has 33 heavy (non-hydrogen) atoms. The first-order chi connectivity index (χ1) is 15.7. The molecule has 4 aliphatic carbocycles. The Morgan fingerprint density at radius 3 is 2.00 bits per heavy atom. The van der Waals surface area contributed by atoms with Gasteiger partial charge in [-0.1, -0.05) is 102 Å². The lowest BCUT2D eigenvalue weighted by atomic mass is 9.76. The van der Waals surface area contributed by atoms with Gasteiger partial charge in [0.1, 0.15) is 0 Å². The van der Waals surface area contributed by atoms with E-state index in [1.54, 1.807) is 0 Å². The van der Waals surface area contributed by atoms with Crippen LogP contribution in [-0.2, 0) is 4.43 Å². The van der Waals surface area contributed by atoms with E-state index < -0.39 is 8.32 Å². The molecule has 0 aliphatic heterocycles. The molecule has 176 valence electrons. The van der Waals surface area contributed by atoms with Crippen LogP contribution in [0.5, 0.6) is 0 Å². The number of hydrogen-bond acceptors (Lipinski definition) is 1. The van der Waals surface area contributed by atoms with Crippen molar-refractivity contribution in [2.75, 3.05) is 0 Å². The molecule has 0 unspecified atom stereocenters. The Morgan fingerprint density at radius 1 is 0.909 bits per heavy atom. The largest absolute Gasteiger partial charge is 0.404 e. The maximum absolute atomic E-state index is 7.79. The lowest BCUT2D eigenvalue weighted by Crippen LogP contribution is -2.68. The van der Waals surface area contributed by atoms with Gasteiger partial charge in [-0.05, 0) is 81.5 Å². The fraction of sp³-hybridized carbons (Fsp3) is 0.613. The monoisotopic (exact) mass is 458 g/mol. The van der Waals surface area contributed by atoms with Crippen LogP contribution in [0.15, 0.2) is 60.7 Å². The van der Waals surface area contributed by atoms with Gasteiger partial charge in [0.05, 0.1) is 0 Å². The molecule has 4 saturated carbocycles. The standard InChI is InChI=1S/C31H42OSi/c1-21-19-26(27-22(2)28(27)31-20-30(31,6)18-17-25(21)31)32-33(29(3,4)5,23-13-9-7-10-14-23)24-15-11-8-12-16-24/h7-16,21-22,25-28H,17-20H2,1-6H3/t21-,22+,25+,26+,27-,28-,30-,31-/m0/s1. The maximum Gasteiger partial charge on any atom is 0.261 e. The molecular weight excluding hydrogens is 416 g/mol. The predicted molar refractivity (Wildman–Crippen MR) is 140 cm³/mol. The lowest BCUT2D eigenvalue weighted by molar-refractivity contribution is 0.123. The van der Waals surface area contributed by atoms with Gasteiger partial charge < -0.3 is 4.43 Å². The Morgan fingerprint density at radius 2 is 1.48 bits per heavy atom. The van der Waals surface area contributed by atoms with Crippen LogP contribution in [0.3, 0.4) is 0 Å². The van der Waals surface area contributed by atoms with Crippen molar-refractivity contribution in [3.63, 3.8) is 0 Å². The van der Waals surface area contributed by atoms with Crippen molar-refractivity contribution in [3.8, 4) is 0 Å². The Kier molecular flexibility index (Phi) is 4.74. The summed E-state index contributed by atoms with van der Waals surface area (Å²) in [4.78, 5) is 0. The first-order valence-corrected chi connectivity index (χ1v) is 15.4. The molecule has 1 spiro atoms. The molecule has 0 amide bonds. The van der Waals surface area contributed by atoms with Gasteiger partial charge in [0.15, 0.2) is 0 Å². The van der Waals surface area contributed by atoms with Gasteiger partial charge in [-0.15, -0.1) is 0 Å². The summed E-state index contributed by atoms with van der Waals surface area (Å²) >= 11 is 0. The topological polar surface area (TPSA) is 9.23 Å². The average Bonchev–Trinajstić information content (AvgIpc) is 3.62. The van der Waals surface area contributed by atoms with E-state index in [1.165, 1.54) is 36.1 Å². The summed E-state index contributed by atoms with van der Waals surface area (Å²) in [7, 11) is -2.50. The van der Waals surface area contributed by atoms with Crippen LogP contribution in [0.2, 0.25) is 5.04 Å². The smallest absolute Gasteiger partial charge is 0.261 e. The van der Waals surface area contributed by atoms with Crippen molar-refractivity contribution in [1.82, 2.24) is 0 Å². The van der Waals surface area contributed by atoms with Crippen molar-refractivity contribution in [2.24, 2.45) is 40.4 Å². The first kappa shape index (κ1) is 22.1. The fourth-order valence-electron chi connectivity index (χ4n) is 9.40. The quantitative estimate of drug-likeness (QED) is 0.466.